The van der Waals surface area contributed by atoms with Crippen LogP contribution in [0, 0.1) is 0 Å². The van der Waals surface area contributed by atoms with Crippen LogP contribution in [0.15, 0.2) is 66.0 Å². The van der Waals surface area contributed by atoms with Gasteiger partial charge in [-0.05, 0) is 35.2 Å². The van der Waals surface area contributed by atoms with E-state index in [1.165, 1.54) is 11.3 Å². The van der Waals surface area contributed by atoms with Crippen molar-refractivity contribution in [3.8, 4) is 0 Å². The predicted octanol–water partition coefficient (Wildman–Crippen LogP) is 4.97. The Morgan fingerprint density at radius 1 is 1.13 bits per heavy atom. The molecule has 0 radical (unpaired) electrons. The molecule has 0 bridgehead atoms. The highest BCUT2D eigenvalue weighted by atomic mass is 35.5. The summed E-state index contributed by atoms with van der Waals surface area (Å²) < 4.78 is 5.25. The largest absolute Gasteiger partial charge is 0.383 e. The fourth-order valence-corrected chi connectivity index (χ4v) is 4.92. The molecule has 3 aromatic rings. The van der Waals surface area contributed by atoms with Crippen molar-refractivity contribution in [3.63, 3.8) is 0 Å². The first-order valence-corrected chi connectivity index (χ1v) is 10.8. The van der Waals surface area contributed by atoms with E-state index in [0.717, 1.165) is 10.4 Å². The molecule has 1 aromatic heterocycles. The smallest absolute Gasteiger partial charge is 0.254 e. The summed E-state index contributed by atoms with van der Waals surface area (Å²) in [6.07, 6.45) is 0. The number of nitrogens with zero attached hydrogens (tertiary/aromatic N) is 1. The molecule has 2 aromatic carbocycles. The molecule has 2 amide bonds. The average molecular weight is 441 g/mol. The van der Waals surface area contributed by atoms with Crippen molar-refractivity contribution < 1.29 is 14.3 Å². The predicted molar refractivity (Wildman–Crippen MR) is 119 cm³/mol. The van der Waals surface area contributed by atoms with E-state index in [0.29, 0.717) is 29.4 Å². The maximum absolute atomic E-state index is 13.6. The van der Waals surface area contributed by atoms with E-state index < -0.39 is 12.0 Å². The van der Waals surface area contributed by atoms with Crippen molar-refractivity contribution in [2.75, 3.05) is 25.6 Å². The van der Waals surface area contributed by atoms with E-state index in [1.807, 2.05) is 47.8 Å². The van der Waals surface area contributed by atoms with Crippen LogP contribution in [0.5, 0.6) is 0 Å². The van der Waals surface area contributed by atoms with Gasteiger partial charge in [-0.1, -0.05) is 48.0 Å². The van der Waals surface area contributed by atoms with E-state index >= 15 is 0 Å². The van der Waals surface area contributed by atoms with Crippen molar-refractivity contribution in [3.05, 3.63) is 87.1 Å². The first-order chi connectivity index (χ1) is 14.6. The van der Waals surface area contributed by atoms with Gasteiger partial charge in [0.25, 0.3) is 5.91 Å². The lowest BCUT2D eigenvalue weighted by Crippen LogP contribution is -2.47. The number of methoxy groups -OCH3 is 1. The number of ether oxygens (including phenoxy) is 1. The van der Waals surface area contributed by atoms with E-state index in [1.54, 1.807) is 30.2 Å². The monoisotopic (exact) mass is 440 g/mol. The molecule has 154 valence electrons. The number of benzene rings is 2. The van der Waals surface area contributed by atoms with Gasteiger partial charge >= 0.3 is 0 Å². The number of thiophene rings is 1. The van der Waals surface area contributed by atoms with Gasteiger partial charge in [0.15, 0.2) is 0 Å². The molecule has 0 unspecified atom stereocenters. The van der Waals surface area contributed by atoms with Gasteiger partial charge in [-0.2, -0.15) is 0 Å². The second-order valence-corrected chi connectivity index (χ2v) is 8.37. The van der Waals surface area contributed by atoms with Crippen LogP contribution in [-0.4, -0.2) is 37.0 Å². The molecule has 0 fully saturated rings. The quantitative estimate of drug-likeness (QED) is 0.588. The summed E-state index contributed by atoms with van der Waals surface area (Å²) >= 11 is 7.80. The van der Waals surface area contributed by atoms with Crippen molar-refractivity contribution in [2.24, 2.45) is 0 Å². The maximum Gasteiger partial charge on any atom is 0.254 e. The molecular weight excluding hydrogens is 420 g/mol. The number of amides is 2. The van der Waals surface area contributed by atoms with Crippen LogP contribution in [0.2, 0.25) is 5.02 Å². The lowest BCUT2D eigenvalue weighted by atomic mass is 9.81. The fraction of sp³-hybridized carbons (Fsp3) is 0.217. The van der Waals surface area contributed by atoms with Gasteiger partial charge in [0.1, 0.15) is 0 Å². The second-order valence-electron chi connectivity index (χ2n) is 6.99. The SMILES string of the molecule is COCCN1C(=O)c2ccccc2[C@@H](C(=O)Nc2ccccc2Cl)[C@H]1c1cccs1. The summed E-state index contributed by atoms with van der Waals surface area (Å²) in [5.41, 5.74) is 1.81. The lowest BCUT2D eigenvalue weighted by molar-refractivity contribution is -0.119. The van der Waals surface area contributed by atoms with Crippen LogP contribution < -0.4 is 5.32 Å². The number of hydrogen-bond acceptors (Lipinski definition) is 4. The fourth-order valence-electron chi connectivity index (χ4n) is 3.86. The molecule has 1 N–H and O–H groups in total. The average Bonchev–Trinajstić information content (AvgIpc) is 3.29. The van der Waals surface area contributed by atoms with Gasteiger partial charge in [0.2, 0.25) is 5.91 Å². The van der Waals surface area contributed by atoms with Crippen molar-refractivity contribution >= 4 is 40.4 Å². The summed E-state index contributed by atoms with van der Waals surface area (Å²) in [5.74, 6) is -0.877. The molecule has 1 aliphatic rings. The molecule has 0 spiro atoms. The lowest BCUT2D eigenvalue weighted by Gasteiger charge is -2.41. The number of nitrogens with one attached hydrogen (secondary N) is 1. The van der Waals surface area contributed by atoms with Crippen molar-refractivity contribution in [1.82, 2.24) is 4.90 Å². The van der Waals surface area contributed by atoms with Gasteiger partial charge in [-0.3, -0.25) is 9.59 Å². The number of para-hydroxylation sites is 1. The molecule has 0 saturated heterocycles. The van der Waals surface area contributed by atoms with Crippen LogP contribution in [0.1, 0.15) is 32.8 Å². The minimum absolute atomic E-state index is 0.0946. The highest BCUT2D eigenvalue weighted by Gasteiger charge is 2.44. The standard InChI is InChI=1S/C23H21ClN2O3S/c1-29-13-12-26-21(19-11-6-14-30-19)20(15-7-2-3-8-16(15)23(26)28)22(27)25-18-10-5-4-9-17(18)24/h2-11,14,20-21H,12-13H2,1H3,(H,25,27)/t20-,21-/m1/s1. The Labute approximate surface area is 184 Å². The number of fused-ring (bicyclic) bond motifs is 1. The molecule has 4 rings (SSSR count). The Balaban J connectivity index is 1.81. The molecule has 1 aliphatic heterocycles. The van der Waals surface area contributed by atoms with Crippen molar-refractivity contribution in [1.29, 1.82) is 0 Å². The van der Waals surface area contributed by atoms with Crippen LogP contribution in [0.4, 0.5) is 5.69 Å². The zero-order valence-corrected chi connectivity index (χ0v) is 18.0. The van der Waals surface area contributed by atoms with Crippen molar-refractivity contribution in [2.45, 2.75) is 12.0 Å². The minimum atomic E-state index is -0.578. The van der Waals surface area contributed by atoms with Gasteiger partial charge in [-0.25, -0.2) is 0 Å². The molecule has 2 heterocycles. The van der Waals surface area contributed by atoms with E-state index in [-0.39, 0.29) is 11.8 Å². The van der Waals surface area contributed by atoms with E-state index in [2.05, 4.69) is 5.32 Å². The highest BCUT2D eigenvalue weighted by Crippen LogP contribution is 2.44. The number of hydrogen-bond donors (Lipinski definition) is 1. The first-order valence-electron chi connectivity index (χ1n) is 9.59. The second kappa shape index (κ2) is 9.00. The molecule has 30 heavy (non-hydrogen) atoms. The molecule has 0 aliphatic carbocycles. The summed E-state index contributed by atoms with van der Waals surface area (Å²) in [6, 6.07) is 17.9. The Kier molecular flexibility index (Phi) is 6.18. The Morgan fingerprint density at radius 2 is 1.90 bits per heavy atom. The van der Waals surface area contributed by atoms with Crippen LogP contribution in [0.3, 0.4) is 0 Å². The highest BCUT2D eigenvalue weighted by molar-refractivity contribution is 7.10. The van der Waals surface area contributed by atoms with Gasteiger partial charge in [0, 0.05) is 24.1 Å². The zero-order chi connectivity index (χ0) is 21.1. The van der Waals surface area contributed by atoms with E-state index in [4.69, 9.17) is 16.3 Å². The molecule has 0 saturated carbocycles. The third-order valence-corrected chi connectivity index (χ3v) is 6.50. The van der Waals surface area contributed by atoms with Crippen LogP contribution >= 0.6 is 22.9 Å². The minimum Gasteiger partial charge on any atom is -0.383 e. The number of rotatable bonds is 6. The normalized spacial score (nSPS) is 18.2. The molecular formula is C23H21ClN2O3S. The Morgan fingerprint density at radius 3 is 2.63 bits per heavy atom. The molecule has 7 heteroatoms. The molecule has 2 atom stereocenters. The number of halogens is 1. The summed E-state index contributed by atoms with van der Waals surface area (Å²) in [7, 11) is 1.60. The van der Waals surface area contributed by atoms with Gasteiger partial charge in [0.05, 0.1) is 29.3 Å². The number of carbonyl (C=O) groups is 2. The third kappa shape index (κ3) is 3.86. The summed E-state index contributed by atoms with van der Waals surface area (Å²) in [5, 5.41) is 5.39. The Bertz CT molecular complexity index is 1050. The zero-order valence-electron chi connectivity index (χ0n) is 16.4. The summed E-state index contributed by atoms with van der Waals surface area (Å²) in [4.78, 5) is 29.6. The topological polar surface area (TPSA) is 58.6 Å². The van der Waals surface area contributed by atoms with Gasteiger partial charge < -0.3 is 15.0 Å². The summed E-state index contributed by atoms with van der Waals surface area (Å²) in [6.45, 7) is 0.775. The van der Waals surface area contributed by atoms with Crippen LogP contribution in [-0.2, 0) is 9.53 Å². The molecule has 5 nitrogen and oxygen atoms in total. The van der Waals surface area contributed by atoms with Gasteiger partial charge in [-0.15, -0.1) is 11.3 Å². The van der Waals surface area contributed by atoms with E-state index in [9.17, 15) is 9.59 Å². The third-order valence-electron chi connectivity index (χ3n) is 5.22. The van der Waals surface area contributed by atoms with Crippen LogP contribution in [0.25, 0.3) is 0 Å². The first kappa shape index (κ1) is 20.6. The maximum atomic E-state index is 13.6. The Hall–Kier alpha value is -2.67. The number of carbonyl (C=O) groups excluding carboxylic acids is 2. The number of anilines is 1.